The quantitative estimate of drug-likeness (QED) is 0.384. The molecule has 1 heterocycles. The Hall–Kier alpha value is -3.88. The molecule has 0 atom stereocenters. The molecule has 0 aliphatic carbocycles. The number of methoxy groups -OCH3 is 2. The van der Waals surface area contributed by atoms with Crippen LogP contribution >= 0.6 is 0 Å². The van der Waals surface area contributed by atoms with Gasteiger partial charge in [-0.15, -0.1) is 5.10 Å². The van der Waals surface area contributed by atoms with Crippen LogP contribution in [0.25, 0.3) is 16.9 Å². The normalized spacial score (nSPS) is 10.4. The second-order valence-electron chi connectivity index (χ2n) is 5.68. The summed E-state index contributed by atoms with van der Waals surface area (Å²) in [5.74, 6) is 0.958. The van der Waals surface area contributed by atoms with Crippen LogP contribution in [0.1, 0.15) is 11.1 Å². The lowest BCUT2D eigenvalue weighted by molar-refractivity contribution is 0.411. The smallest absolute Gasteiger partial charge is 0.145 e. The molecule has 138 valence electrons. The minimum absolute atomic E-state index is 0.0428. The highest BCUT2D eigenvalue weighted by atomic mass is 16.5. The van der Waals surface area contributed by atoms with Gasteiger partial charge in [0.15, 0.2) is 0 Å². The van der Waals surface area contributed by atoms with Gasteiger partial charge in [0, 0.05) is 16.7 Å². The van der Waals surface area contributed by atoms with E-state index in [4.69, 9.17) is 31.8 Å². The summed E-state index contributed by atoms with van der Waals surface area (Å²) in [7, 11) is 3.07. The highest BCUT2D eigenvalue weighted by molar-refractivity contribution is 5.96. The van der Waals surface area contributed by atoms with Crippen molar-refractivity contribution in [1.29, 1.82) is 10.8 Å². The van der Waals surface area contributed by atoms with Crippen molar-refractivity contribution < 1.29 is 9.47 Å². The first-order chi connectivity index (χ1) is 12.9. The van der Waals surface area contributed by atoms with Crippen LogP contribution < -0.4 is 20.9 Å². The Morgan fingerprint density at radius 2 is 1.52 bits per heavy atom. The molecule has 0 amide bonds. The highest BCUT2D eigenvalue weighted by Gasteiger charge is 2.15. The van der Waals surface area contributed by atoms with Gasteiger partial charge in [0.05, 0.1) is 20.4 Å². The topological polar surface area (TPSA) is 149 Å². The van der Waals surface area contributed by atoms with E-state index >= 15 is 0 Å². The van der Waals surface area contributed by atoms with Crippen molar-refractivity contribution in [2.75, 3.05) is 14.2 Å². The van der Waals surface area contributed by atoms with Gasteiger partial charge in [-0.25, -0.2) is 4.68 Å². The first-order valence-corrected chi connectivity index (χ1v) is 7.92. The lowest BCUT2D eigenvalue weighted by atomic mass is 10.1. The van der Waals surface area contributed by atoms with Crippen LogP contribution in [-0.2, 0) is 0 Å². The molecule has 0 saturated heterocycles. The average molecular weight is 365 g/mol. The monoisotopic (exact) mass is 365 g/mol. The molecule has 0 radical (unpaired) electrons. The van der Waals surface area contributed by atoms with Crippen molar-refractivity contribution in [2.45, 2.75) is 0 Å². The number of hydrogen-bond donors (Lipinski definition) is 4. The number of aromatic nitrogens is 3. The van der Waals surface area contributed by atoms with E-state index in [2.05, 4.69) is 10.3 Å². The summed E-state index contributed by atoms with van der Waals surface area (Å²) in [6.45, 7) is 0. The third kappa shape index (κ3) is 3.43. The zero-order chi connectivity index (χ0) is 19.6. The van der Waals surface area contributed by atoms with Gasteiger partial charge in [0.25, 0.3) is 0 Å². The predicted molar refractivity (Wildman–Crippen MR) is 102 cm³/mol. The lowest BCUT2D eigenvalue weighted by Gasteiger charge is -2.10. The molecule has 2 aromatic carbocycles. The number of rotatable bonds is 6. The van der Waals surface area contributed by atoms with Gasteiger partial charge in [-0.3, -0.25) is 10.8 Å². The zero-order valence-electron chi connectivity index (χ0n) is 14.9. The maximum absolute atomic E-state index is 7.54. The number of nitrogen functional groups attached to an aromatic ring is 2. The molecular formula is C18H19N7O2. The third-order valence-corrected chi connectivity index (χ3v) is 4.02. The summed E-state index contributed by atoms with van der Waals surface area (Å²) in [4.78, 5) is 0. The van der Waals surface area contributed by atoms with Crippen LogP contribution in [-0.4, -0.2) is 40.9 Å². The largest absolute Gasteiger partial charge is 0.496 e. The fourth-order valence-corrected chi connectivity index (χ4v) is 2.61. The van der Waals surface area contributed by atoms with Crippen LogP contribution in [0, 0.1) is 10.8 Å². The van der Waals surface area contributed by atoms with Crippen LogP contribution in [0.4, 0.5) is 0 Å². The number of hydrogen-bond acceptors (Lipinski definition) is 6. The molecule has 1 aromatic heterocycles. The van der Waals surface area contributed by atoms with Gasteiger partial charge < -0.3 is 20.9 Å². The van der Waals surface area contributed by atoms with Gasteiger partial charge in [-0.05, 0) is 30.3 Å². The van der Waals surface area contributed by atoms with Crippen molar-refractivity contribution >= 4 is 11.7 Å². The van der Waals surface area contributed by atoms with Crippen LogP contribution in [0.3, 0.4) is 0 Å². The van der Waals surface area contributed by atoms with E-state index in [1.54, 1.807) is 47.3 Å². The van der Waals surface area contributed by atoms with Gasteiger partial charge in [0.2, 0.25) is 0 Å². The summed E-state index contributed by atoms with van der Waals surface area (Å²) < 4.78 is 12.4. The second kappa shape index (κ2) is 7.16. The van der Waals surface area contributed by atoms with Crippen molar-refractivity contribution in [3.8, 4) is 28.4 Å². The number of ether oxygens (including phenoxy) is 2. The number of benzene rings is 2. The highest BCUT2D eigenvalue weighted by Crippen LogP contribution is 2.31. The molecule has 0 bridgehead atoms. The Morgan fingerprint density at radius 3 is 2.11 bits per heavy atom. The molecule has 0 unspecified atom stereocenters. The van der Waals surface area contributed by atoms with Gasteiger partial charge >= 0.3 is 0 Å². The number of nitrogens with one attached hydrogen (secondary N) is 2. The maximum atomic E-state index is 7.54. The zero-order valence-corrected chi connectivity index (χ0v) is 14.9. The molecule has 6 N–H and O–H groups in total. The first-order valence-electron chi connectivity index (χ1n) is 7.92. The molecule has 0 fully saturated rings. The Morgan fingerprint density at radius 1 is 0.926 bits per heavy atom. The van der Waals surface area contributed by atoms with E-state index < -0.39 is 0 Å². The molecule has 0 aliphatic heterocycles. The van der Waals surface area contributed by atoms with Crippen LogP contribution in [0.2, 0.25) is 0 Å². The summed E-state index contributed by atoms with van der Waals surface area (Å²) >= 11 is 0. The first kappa shape index (κ1) is 17.9. The third-order valence-electron chi connectivity index (χ3n) is 4.02. The fraction of sp³-hybridized carbons (Fsp3) is 0.111. The Labute approximate surface area is 155 Å². The van der Waals surface area contributed by atoms with Crippen LogP contribution in [0.15, 0.2) is 42.6 Å². The standard InChI is InChI=1S/C18H19N7O2/c1-26-15-7-10(17(19)20)3-5-12(15)13-9-25(24-23-13)14-6-4-11(18(21)22)8-16(14)27-2/h3-9H,1-2H3,(H3,19,20)(H3,21,22). The summed E-state index contributed by atoms with van der Waals surface area (Å²) in [6.07, 6.45) is 1.73. The van der Waals surface area contributed by atoms with Crippen molar-refractivity contribution in [3.05, 3.63) is 53.7 Å². The van der Waals surface area contributed by atoms with Crippen molar-refractivity contribution in [3.63, 3.8) is 0 Å². The predicted octanol–water partition coefficient (Wildman–Crippen LogP) is 1.52. The number of nitrogens with two attached hydrogens (primary N) is 2. The Bertz CT molecular complexity index is 946. The summed E-state index contributed by atoms with van der Waals surface area (Å²) in [5, 5.41) is 23.4. The molecule has 9 nitrogen and oxygen atoms in total. The van der Waals surface area contributed by atoms with Gasteiger partial charge in [-0.2, -0.15) is 0 Å². The number of amidine groups is 2. The van der Waals surface area contributed by atoms with E-state index in [1.807, 2.05) is 0 Å². The SMILES string of the molecule is COc1cc(C(=N)N)ccc1-c1cn(-c2ccc(C(=N)N)cc2OC)nn1. The summed E-state index contributed by atoms with van der Waals surface area (Å²) in [6, 6.07) is 10.3. The minimum atomic E-state index is -0.0468. The fourth-order valence-electron chi connectivity index (χ4n) is 2.61. The van der Waals surface area contributed by atoms with Crippen molar-refractivity contribution in [2.24, 2.45) is 11.5 Å². The number of nitrogens with zero attached hydrogens (tertiary/aromatic N) is 3. The molecular weight excluding hydrogens is 346 g/mol. The van der Waals surface area contributed by atoms with E-state index in [9.17, 15) is 0 Å². The molecule has 3 rings (SSSR count). The Kier molecular flexibility index (Phi) is 4.75. The van der Waals surface area contributed by atoms with Crippen LogP contribution in [0.5, 0.6) is 11.5 Å². The minimum Gasteiger partial charge on any atom is -0.496 e. The molecule has 27 heavy (non-hydrogen) atoms. The van der Waals surface area contributed by atoms with E-state index in [1.165, 1.54) is 14.2 Å². The van der Waals surface area contributed by atoms with E-state index in [0.717, 1.165) is 0 Å². The Balaban J connectivity index is 2.03. The molecule has 3 aromatic rings. The average Bonchev–Trinajstić information content (AvgIpc) is 3.16. The molecule has 0 saturated carbocycles. The van der Waals surface area contributed by atoms with Crippen molar-refractivity contribution in [1.82, 2.24) is 15.0 Å². The molecule has 0 spiro atoms. The lowest BCUT2D eigenvalue weighted by Crippen LogP contribution is -2.11. The van der Waals surface area contributed by atoms with Gasteiger partial charge in [-0.1, -0.05) is 11.3 Å². The molecule has 0 aliphatic rings. The second-order valence-corrected chi connectivity index (χ2v) is 5.68. The van der Waals surface area contributed by atoms with Gasteiger partial charge in [0.1, 0.15) is 34.6 Å². The molecule has 9 heteroatoms. The van der Waals surface area contributed by atoms with E-state index in [-0.39, 0.29) is 11.7 Å². The van der Waals surface area contributed by atoms with E-state index in [0.29, 0.717) is 39.6 Å². The maximum Gasteiger partial charge on any atom is 0.145 e. The summed E-state index contributed by atoms with van der Waals surface area (Å²) in [5.41, 5.74) is 14.1.